The number of fused-ring (bicyclic) bond motifs is 1. The molecule has 3 aromatic rings. The molecule has 1 aliphatic heterocycles. The Labute approximate surface area is 175 Å². The Balaban J connectivity index is 1.39. The number of aryl methyl sites for hydroxylation is 1. The third-order valence-corrected chi connectivity index (χ3v) is 6.10. The fourth-order valence-electron chi connectivity index (χ4n) is 4.06. The molecule has 0 spiro atoms. The molecule has 5 rings (SSSR count). The quantitative estimate of drug-likeness (QED) is 0.702. The molecule has 8 nitrogen and oxygen atoms in total. The Morgan fingerprint density at radius 2 is 2.03 bits per heavy atom. The lowest BCUT2D eigenvalue weighted by Crippen LogP contribution is -2.47. The van der Waals surface area contributed by atoms with Gasteiger partial charge in [0.05, 0.1) is 23.5 Å². The summed E-state index contributed by atoms with van der Waals surface area (Å²) in [6, 6.07) is 7.53. The lowest BCUT2D eigenvalue weighted by molar-refractivity contribution is 0.0870. The highest BCUT2D eigenvalue weighted by molar-refractivity contribution is 6.04. The van der Waals surface area contributed by atoms with Crippen molar-refractivity contribution in [3.8, 4) is 0 Å². The van der Waals surface area contributed by atoms with Crippen LogP contribution in [0.25, 0.3) is 5.65 Å². The fraction of sp³-hybridized carbons (Fsp3) is 0.455. The summed E-state index contributed by atoms with van der Waals surface area (Å²) in [5.41, 5.74) is 2.91. The van der Waals surface area contributed by atoms with Crippen LogP contribution in [-0.4, -0.2) is 68.5 Å². The molecule has 30 heavy (non-hydrogen) atoms. The number of aromatic nitrogens is 4. The maximum Gasteiger partial charge on any atom is 0.257 e. The van der Waals surface area contributed by atoms with Crippen molar-refractivity contribution in [2.24, 2.45) is 5.92 Å². The van der Waals surface area contributed by atoms with Crippen molar-refractivity contribution in [2.45, 2.75) is 25.8 Å². The van der Waals surface area contributed by atoms with Gasteiger partial charge in [-0.2, -0.15) is 0 Å². The van der Waals surface area contributed by atoms with E-state index in [1.807, 2.05) is 35.7 Å². The number of carbonyl (C=O) groups excluding carboxylic acids is 1. The molecule has 1 saturated carbocycles. The molecule has 156 valence electrons. The highest BCUT2D eigenvalue weighted by Crippen LogP contribution is 2.32. The van der Waals surface area contributed by atoms with Gasteiger partial charge in [-0.05, 0) is 57.0 Å². The maximum absolute atomic E-state index is 12.8. The number of carbonyl (C=O) groups is 1. The van der Waals surface area contributed by atoms with Crippen molar-refractivity contribution in [1.82, 2.24) is 29.4 Å². The van der Waals surface area contributed by atoms with Crippen LogP contribution in [0.15, 0.2) is 36.7 Å². The van der Waals surface area contributed by atoms with Gasteiger partial charge in [0.15, 0.2) is 11.5 Å². The van der Waals surface area contributed by atoms with Gasteiger partial charge >= 0.3 is 0 Å². The van der Waals surface area contributed by atoms with E-state index in [0.29, 0.717) is 11.3 Å². The highest BCUT2D eigenvalue weighted by atomic mass is 16.1. The molecule has 2 fully saturated rings. The van der Waals surface area contributed by atoms with Gasteiger partial charge in [-0.3, -0.25) is 24.0 Å². The molecule has 2 aliphatic rings. The Morgan fingerprint density at radius 1 is 1.17 bits per heavy atom. The first-order valence-corrected chi connectivity index (χ1v) is 10.6. The standard InChI is InChI=1S/C22H27N7O/c1-15-3-7-18(11-23-15)24-22(30)17-6-8-20-25-26-21(29(20)13-17)19-14-28(10-9-27(19)2)12-16-4-5-16/h3,6-8,11,13,16,19H,4-5,9-10,12,14H2,1-2H3,(H,24,30). The van der Waals surface area contributed by atoms with Crippen molar-refractivity contribution < 1.29 is 4.79 Å². The minimum Gasteiger partial charge on any atom is -0.321 e. The summed E-state index contributed by atoms with van der Waals surface area (Å²) in [6.07, 6.45) is 6.23. The zero-order valence-corrected chi connectivity index (χ0v) is 17.5. The largest absolute Gasteiger partial charge is 0.321 e. The van der Waals surface area contributed by atoms with Crippen LogP contribution >= 0.6 is 0 Å². The van der Waals surface area contributed by atoms with Gasteiger partial charge in [-0.1, -0.05) is 0 Å². The predicted octanol–water partition coefficient (Wildman–Crippen LogP) is 2.38. The second-order valence-electron chi connectivity index (χ2n) is 8.55. The Bertz CT molecular complexity index is 1060. The van der Waals surface area contributed by atoms with E-state index in [1.54, 1.807) is 12.3 Å². The van der Waals surface area contributed by atoms with E-state index in [0.717, 1.165) is 42.7 Å². The topological polar surface area (TPSA) is 78.7 Å². The Kier molecular flexibility index (Phi) is 4.96. The summed E-state index contributed by atoms with van der Waals surface area (Å²) in [4.78, 5) is 21.9. The number of hydrogen-bond donors (Lipinski definition) is 1. The fourth-order valence-corrected chi connectivity index (χ4v) is 4.06. The number of hydrogen-bond acceptors (Lipinski definition) is 6. The summed E-state index contributed by atoms with van der Waals surface area (Å²) in [6.45, 7) is 6.14. The number of nitrogens with one attached hydrogen (secondary N) is 1. The van der Waals surface area contributed by atoms with Gasteiger partial charge in [-0.15, -0.1) is 10.2 Å². The molecule has 1 amide bonds. The van der Waals surface area contributed by atoms with Crippen LogP contribution in [-0.2, 0) is 0 Å². The molecule has 1 N–H and O–H groups in total. The van der Waals surface area contributed by atoms with Crippen LogP contribution in [0.4, 0.5) is 5.69 Å². The molecule has 1 atom stereocenters. The van der Waals surface area contributed by atoms with Crippen LogP contribution in [0.3, 0.4) is 0 Å². The van der Waals surface area contributed by atoms with Crippen LogP contribution < -0.4 is 5.32 Å². The number of amides is 1. The van der Waals surface area contributed by atoms with Crippen molar-refractivity contribution in [3.05, 3.63) is 53.7 Å². The van der Waals surface area contributed by atoms with Gasteiger partial charge in [0.25, 0.3) is 5.91 Å². The number of rotatable bonds is 5. The van der Waals surface area contributed by atoms with E-state index in [1.165, 1.54) is 19.4 Å². The average Bonchev–Trinajstić information content (AvgIpc) is 3.47. The smallest absolute Gasteiger partial charge is 0.257 e. The number of nitrogens with zero attached hydrogens (tertiary/aromatic N) is 6. The number of pyridine rings is 2. The van der Waals surface area contributed by atoms with Gasteiger partial charge in [0, 0.05) is 38.1 Å². The van der Waals surface area contributed by atoms with Gasteiger partial charge in [0.2, 0.25) is 0 Å². The number of piperazine rings is 1. The lowest BCUT2D eigenvalue weighted by Gasteiger charge is -2.38. The lowest BCUT2D eigenvalue weighted by atomic mass is 10.1. The molecular weight excluding hydrogens is 378 g/mol. The maximum atomic E-state index is 12.8. The normalized spacial score (nSPS) is 20.5. The minimum atomic E-state index is -0.172. The van der Waals surface area contributed by atoms with Crippen molar-refractivity contribution in [1.29, 1.82) is 0 Å². The monoisotopic (exact) mass is 405 g/mol. The third kappa shape index (κ3) is 3.93. The van der Waals surface area contributed by atoms with Crippen LogP contribution in [0, 0.1) is 12.8 Å². The van der Waals surface area contributed by atoms with E-state index in [2.05, 4.69) is 37.3 Å². The second-order valence-corrected chi connectivity index (χ2v) is 8.55. The molecule has 0 bridgehead atoms. The number of anilines is 1. The first-order valence-electron chi connectivity index (χ1n) is 10.6. The summed E-state index contributed by atoms with van der Waals surface area (Å²) < 4.78 is 1.96. The predicted molar refractivity (Wildman–Crippen MR) is 114 cm³/mol. The molecule has 1 saturated heterocycles. The molecule has 0 radical (unpaired) electrons. The molecule has 0 aromatic carbocycles. The molecular formula is C22H27N7O. The van der Waals surface area contributed by atoms with Crippen molar-refractivity contribution >= 4 is 17.2 Å². The van der Waals surface area contributed by atoms with Crippen molar-refractivity contribution in [3.63, 3.8) is 0 Å². The van der Waals surface area contributed by atoms with E-state index < -0.39 is 0 Å². The van der Waals surface area contributed by atoms with Crippen LogP contribution in [0.2, 0.25) is 0 Å². The molecule has 1 unspecified atom stereocenters. The van der Waals surface area contributed by atoms with Crippen LogP contribution in [0.5, 0.6) is 0 Å². The molecule has 3 aromatic heterocycles. The van der Waals surface area contributed by atoms with Gasteiger partial charge in [-0.25, -0.2) is 0 Å². The Morgan fingerprint density at radius 3 is 2.80 bits per heavy atom. The Hall–Kier alpha value is -2.84. The van der Waals surface area contributed by atoms with E-state index in [9.17, 15) is 4.79 Å². The first kappa shape index (κ1) is 19.1. The highest BCUT2D eigenvalue weighted by Gasteiger charge is 2.32. The van der Waals surface area contributed by atoms with Gasteiger partial charge < -0.3 is 5.32 Å². The zero-order valence-electron chi connectivity index (χ0n) is 17.5. The summed E-state index contributed by atoms with van der Waals surface area (Å²) >= 11 is 0. The molecule has 4 heterocycles. The van der Waals surface area contributed by atoms with Gasteiger partial charge in [0.1, 0.15) is 0 Å². The average molecular weight is 406 g/mol. The summed E-state index contributed by atoms with van der Waals surface area (Å²) in [5, 5.41) is 11.8. The van der Waals surface area contributed by atoms with E-state index in [-0.39, 0.29) is 11.9 Å². The molecule has 8 heteroatoms. The minimum absolute atomic E-state index is 0.159. The molecule has 1 aliphatic carbocycles. The third-order valence-electron chi connectivity index (χ3n) is 6.10. The van der Waals surface area contributed by atoms with Crippen molar-refractivity contribution in [2.75, 3.05) is 38.5 Å². The van der Waals surface area contributed by atoms with E-state index >= 15 is 0 Å². The van der Waals surface area contributed by atoms with Crippen LogP contribution in [0.1, 0.15) is 40.8 Å². The zero-order chi connectivity index (χ0) is 20.7. The first-order chi connectivity index (χ1) is 14.6. The van der Waals surface area contributed by atoms with E-state index in [4.69, 9.17) is 0 Å². The summed E-state index contributed by atoms with van der Waals surface area (Å²) in [5.74, 6) is 1.59. The SMILES string of the molecule is Cc1ccc(NC(=O)c2ccc3nnc(C4CN(CC5CC5)CCN4C)n3c2)cn1. The second kappa shape index (κ2) is 7.77. The number of likely N-dealkylation sites (N-methyl/N-ethyl adjacent to an activating group) is 1. The summed E-state index contributed by atoms with van der Waals surface area (Å²) in [7, 11) is 2.14.